The van der Waals surface area contributed by atoms with Crippen LogP contribution in [0.25, 0.3) is 0 Å². The molecule has 0 radical (unpaired) electrons. The van der Waals surface area contributed by atoms with Crippen molar-refractivity contribution >= 4 is 25.2 Å². The van der Waals surface area contributed by atoms with Crippen LogP contribution in [0.5, 0.6) is 0 Å². The van der Waals surface area contributed by atoms with Crippen LogP contribution in [0.3, 0.4) is 0 Å². The number of fused-ring (bicyclic) bond motifs is 1. The molecule has 21 heavy (non-hydrogen) atoms. The molecule has 0 saturated carbocycles. The molecule has 3 heterocycles. The minimum absolute atomic E-state index is 0.00488. The molecular weight excluding hydrogens is 329 g/mol. The van der Waals surface area contributed by atoms with Gasteiger partial charge in [-0.3, -0.25) is 13.6 Å². The molecule has 2 aliphatic heterocycles. The quantitative estimate of drug-likeness (QED) is 0.562. The standard InChI is InChI=1S/C9H11ClN3O7P/c10-3-1-13(9(15)12-7(3)11)8-5(14)6-4(19-8)2-18-21(16,17)20-6/h1,4-6,8,14H,2H2,(H,16,17)(H2,11,12,15)/t4?,5-,6?,8-/m1/s1. The molecule has 0 bridgehead atoms. The summed E-state index contributed by atoms with van der Waals surface area (Å²) < 4.78 is 27.1. The third-order valence-electron chi connectivity index (χ3n) is 3.17. The number of hydrogen-bond acceptors (Lipinski definition) is 8. The second kappa shape index (κ2) is 5.03. The van der Waals surface area contributed by atoms with Crippen LogP contribution < -0.4 is 11.4 Å². The summed E-state index contributed by atoms with van der Waals surface area (Å²) in [7, 11) is -4.23. The molecule has 5 atom stereocenters. The van der Waals surface area contributed by atoms with Gasteiger partial charge in [0.1, 0.15) is 24.1 Å². The number of rotatable bonds is 1. The monoisotopic (exact) mass is 339 g/mol. The Morgan fingerprint density at radius 2 is 2.29 bits per heavy atom. The highest BCUT2D eigenvalue weighted by Crippen LogP contribution is 2.52. The highest BCUT2D eigenvalue weighted by molar-refractivity contribution is 7.47. The lowest BCUT2D eigenvalue weighted by Crippen LogP contribution is -2.40. The molecule has 12 heteroatoms. The minimum atomic E-state index is -4.23. The van der Waals surface area contributed by atoms with Crippen LogP contribution in [0.1, 0.15) is 6.23 Å². The first-order valence-corrected chi connectivity index (χ1v) is 7.69. The van der Waals surface area contributed by atoms with E-state index in [1.54, 1.807) is 0 Å². The van der Waals surface area contributed by atoms with Crippen LogP contribution >= 0.6 is 19.4 Å². The van der Waals surface area contributed by atoms with E-state index in [9.17, 15) is 19.4 Å². The van der Waals surface area contributed by atoms with Gasteiger partial charge in [0.2, 0.25) is 0 Å². The van der Waals surface area contributed by atoms with E-state index in [1.165, 1.54) is 0 Å². The second-order valence-corrected chi connectivity index (χ2v) is 6.37. The average Bonchev–Trinajstić information content (AvgIpc) is 2.70. The van der Waals surface area contributed by atoms with Crippen molar-refractivity contribution in [3.63, 3.8) is 0 Å². The molecule has 0 aromatic carbocycles. The molecule has 3 unspecified atom stereocenters. The van der Waals surface area contributed by atoms with Gasteiger partial charge in [-0.1, -0.05) is 11.6 Å². The molecule has 0 aliphatic carbocycles. The number of aromatic nitrogens is 2. The summed E-state index contributed by atoms with van der Waals surface area (Å²) in [5.74, 6) is -0.151. The number of aliphatic hydroxyl groups is 1. The van der Waals surface area contributed by atoms with E-state index in [2.05, 4.69) is 9.51 Å². The maximum absolute atomic E-state index is 11.8. The van der Waals surface area contributed by atoms with Gasteiger partial charge in [0.25, 0.3) is 0 Å². The Balaban J connectivity index is 1.94. The number of phosphoric ester groups is 1. The number of ether oxygens (including phenoxy) is 1. The Labute approximate surface area is 122 Å². The third kappa shape index (κ3) is 2.59. The molecule has 0 amide bonds. The van der Waals surface area contributed by atoms with Gasteiger partial charge in [-0.25, -0.2) is 9.36 Å². The van der Waals surface area contributed by atoms with Crippen molar-refractivity contribution in [2.24, 2.45) is 0 Å². The maximum Gasteiger partial charge on any atom is 0.472 e. The zero-order chi connectivity index (χ0) is 15.4. The van der Waals surface area contributed by atoms with Crippen molar-refractivity contribution in [3.05, 3.63) is 21.7 Å². The van der Waals surface area contributed by atoms with Crippen LogP contribution in [0, 0.1) is 0 Å². The van der Waals surface area contributed by atoms with Crippen molar-refractivity contribution in [2.45, 2.75) is 24.5 Å². The highest BCUT2D eigenvalue weighted by atomic mass is 35.5. The Hall–Kier alpha value is -1.00. The molecule has 4 N–H and O–H groups in total. The topological polar surface area (TPSA) is 146 Å². The average molecular weight is 340 g/mol. The molecule has 2 saturated heterocycles. The molecule has 3 rings (SSSR count). The van der Waals surface area contributed by atoms with Gasteiger partial charge >= 0.3 is 13.5 Å². The number of hydrogen-bond donors (Lipinski definition) is 3. The van der Waals surface area contributed by atoms with Gasteiger partial charge in [-0.15, -0.1) is 0 Å². The Bertz CT molecular complexity index is 682. The van der Waals surface area contributed by atoms with Crippen LogP contribution in [-0.2, 0) is 18.3 Å². The van der Waals surface area contributed by atoms with Crippen molar-refractivity contribution < 1.29 is 28.3 Å². The lowest BCUT2D eigenvalue weighted by Gasteiger charge is -2.27. The Morgan fingerprint density at radius 3 is 3.00 bits per heavy atom. The van der Waals surface area contributed by atoms with E-state index < -0.39 is 38.1 Å². The summed E-state index contributed by atoms with van der Waals surface area (Å²) in [5.41, 5.74) is 4.62. The number of anilines is 1. The fourth-order valence-corrected chi connectivity index (χ4v) is 3.32. The van der Waals surface area contributed by atoms with Crippen LogP contribution in [0.15, 0.2) is 11.0 Å². The van der Waals surface area contributed by atoms with E-state index in [1.807, 2.05) is 0 Å². The first kappa shape index (κ1) is 14.9. The summed E-state index contributed by atoms with van der Waals surface area (Å²) in [5, 5.41) is 10.2. The number of nitrogens with zero attached hydrogens (tertiary/aromatic N) is 2. The van der Waals surface area contributed by atoms with E-state index in [4.69, 9.17) is 26.6 Å². The second-order valence-electron chi connectivity index (χ2n) is 4.55. The Morgan fingerprint density at radius 1 is 1.57 bits per heavy atom. The largest absolute Gasteiger partial charge is 0.472 e. The molecule has 10 nitrogen and oxygen atoms in total. The third-order valence-corrected chi connectivity index (χ3v) is 4.45. The number of aliphatic hydroxyl groups excluding tert-OH is 1. The fraction of sp³-hybridized carbons (Fsp3) is 0.556. The summed E-state index contributed by atoms with van der Waals surface area (Å²) in [6, 6.07) is 0. The number of halogens is 1. The van der Waals surface area contributed by atoms with Crippen LogP contribution in [0.4, 0.5) is 5.82 Å². The molecule has 2 aliphatic rings. The molecular formula is C9H11ClN3O7P. The van der Waals surface area contributed by atoms with Gasteiger partial charge < -0.3 is 20.5 Å². The van der Waals surface area contributed by atoms with Crippen molar-refractivity contribution in [1.82, 2.24) is 9.55 Å². The van der Waals surface area contributed by atoms with Gasteiger partial charge in [0, 0.05) is 6.20 Å². The maximum atomic E-state index is 11.8. The van der Waals surface area contributed by atoms with Crippen LogP contribution in [-0.4, -0.2) is 44.5 Å². The van der Waals surface area contributed by atoms with Gasteiger partial charge in [0.15, 0.2) is 6.23 Å². The summed E-state index contributed by atoms with van der Waals surface area (Å²) in [6.45, 7) is -0.253. The molecule has 2 fully saturated rings. The summed E-state index contributed by atoms with van der Waals surface area (Å²) in [4.78, 5) is 24.5. The number of phosphoric acid groups is 1. The van der Waals surface area contributed by atoms with E-state index in [-0.39, 0.29) is 17.4 Å². The predicted molar refractivity (Wildman–Crippen MR) is 68.5 cm³/mol. The lowest BCUT2D eigenvalue weighted by molar-refractivity contribution is -0.0685. The van der Waals surface area contributed by atoms with Gasteiger partial charge in [-0.2, -0.15) is 4.98 Å². The number of nitrogen functional groups attached to an aromatic ring is 1. The molecule has 116 valence electrons. The highest BCUT2D eigenvalue weighted by Gasteiger charge is 2.52. The SMILES string of the molecule is Nc1nc(=O)n([C@@H]2OC3COP(=O)(O)OC3[C@H]2O)cc1Cl. The summed E-state index contributed by atoms with van der Waals surface area (Å²) in [6.07, 6.45) is -3.31. The predicted octanol–water partition coefficient (Wildman–Crippen LogP) is -0.747. The van der Waals surface area contributed by atoms with Gasteiger partial charge in [-0.05, 0) is 0 Å². The van der Waals surface area contributed by atoms with Crippen molar-refractivity contribution in [1.29, 1.82) is 0 Å². The zero-order valence-electron chi connectivity index (χ0n) is 10.3. The molecule has 1 aromatic rings. The van der Waals surface area contributed by atoms with Gasteiger partial charge in [0.05, 0.1) is 11.6 Å². The normalized spacial score (nSPS) is 39.2. The first-order valence-electron chi connectivity index (χ1n) is 5.82. The minimum Gasteiger partial charge on any atom is -0.386 e. The Kier molecular flexibility index (Phi) is 3.57. The molecule has 1 aromatic heterocycles. The number of nitrogens with two attached hydrogens (primary N) is 1. The first-order chi connectivity index (χ1) is 9.78. The summed E-state index contributed by atoms with van der Waals surface area (Å²) >= 11 is 5.79. The van der Waals surface area contributed by atoms with E-state index in [0.29, 0.717) is 0 Å². The fourth-order valence-electron chi connectivity index (χ4n) is 2.21. The van der Waals surface area contributed by atoms with E-state index in [0.717, 1.165) is 10.8 Å². The van der Waals surface area contributed by atoms with E-state index >= 15 is 0 Å². The van der Waals surface area contributed by atoms with Crippen molar-refractivity contribution in [2.75, 3.05) is 12.3 Å². The smallest absolute Gasteiger partial charge is 0.386 e. The van der Waals surface area contributed by atoms with Crippen molar-refractivity contribution in [3.8, 4) is 0 Å². The molecule has 0 spiro atoms. The van der Waals surface area contributed by atoms with Crippen LogP contribution in [0.2, 0.25) is 5.02 Å². The lowest BCUT2D eigenvalue weighted by atomic mass is 10.1. The zero-order valence-corrected chi connectivity index (χ0v) is 12.0.